The van der Waals surface area contributed by atoms with E-state index in [1.54, 1.807) is 41.3 Å². The summed E-state index contributed by atoms with van der Waals surface area (Å²) in [5.41, 5.74) is 2.82. The molecule has 3 aromatic heterocycles. The molecule has 14 heteroatoms. The van der Waals surface area contributed by atoms with Crippen LogP contribution in [0.2, 0.25) is 5.02 Å². The summed E-state index contributed by atoms with van der Waals surface area (Å²) in [5, 5.41) is 13.7. The van der Waals surface area contributed by atoms with E-state index in [1.165, 1.54) is 26.6 Å². The van der Waals surface area contributed by atoms with Crippen molar-refractivity contribution in [3.8, 4) is 28.7 Å². The summed E-state index contributed by atoms with van der Waals surface area (Å²) in [6, 6.07) is 11.2. The Bertz CT molecular complexity index is 1810. The lowest BCUT2D eigenvalue weighted by molar-refractivity contribution is 0.391. The zero-order valence-electron chi connectivity index (χ0n) is 23.3. The lowest BCUT2D eigenvalue weighted by atomic mass is 10.1. The molecule has 41 heavy (non-hydrogen) atoms. The first-order valence-electron chi connectivity index (χ1n) is 12.6. The number of nitrogens with zero attached hydrogens (tertiary/aromatic N) is 7. The van der Waals surface area contributed by atoms with Gasteiger partial charge in [-0.1, -0.05) is 36.2 Å². The molecular formula is C27H29ClN8O4S. The minimum absolute atomic E-state index is 0.0645. The number of ether oxygens (including phenoxy) is 2. The van der Waals surface area contributed by atoms with E-state index < -0.39 is 21.2 Å². The number of para-hydroxylation sites is 1. The van der Waals surface area contributed by atoms with Crippen LogP contribution in [-0.2, 0) is 17.1 Å². The molecule has 3 heterocycles. The van der Waals surface area contributed by atoms with Crippen molar-refractivity contribution >= 4 is 38.5 Å². The van der Waals surface area contributed by atoms with Crippen molar-refractivity contribution in [3.05, 3.63) is 65.2 Å². The number of benzene rings is 2. The summed E-state index contributed by atoms with van der Waals surface area (Å²) in [5.74, 6) is 0.838. The van der Waals surface area contributed by atoms with Gasteiger partial charge in [-0.2, -0.15) is 5.10 Å². The molecule has 0 aliphatic rings. The highest BCUT2D eigenvalue weighted by atomic mass is 35.5. The Morgan fingerprint density at radius 2 is 1.66 bits per heavy atom. The molecule has 5 aromatic rings. The van der Waals surface area contributed by atoms with Gasteiger partial charge in [0.2, 0.25) is 16.0 Å². The summed E-state index contributed by atoms with van der Waals surface area (Å²) >= 11 is 5.92. The number of methoxy groups -OCH3 is 2. The van der Waals surface area contributed by atoms with Gasteiger partial charge in [0.25, 0.3) is 0 Å². The zero-order chi connectivity index (χ0) is 29.5. The lowest BCUT2D eigenvalue weighted by Gasteiger charge is -2.21. The van der Waals surface area contributed by atoms with E-state index in [4.69, 9.17) is 26.2 Å². The van der Waals surface area contributed by atoms with Gasteiger partial charge in [0.05, 0.1) is 30.0 Å². The van der Waals surface area contributed by atoms with Crippen molar-refractivity contribution in [2.24, 2.45) is 7.05 Å². The predicted molar refractivity (Wildman–Crippen MR) is 156 cm³/mol. The number of rotatable bonds is 9. The van der Waals surface area contributed by atoms with Gasteiger partial charge < -0.3 is 9.47 Å². The van der Waals surface area contributed by atoms with E-state index in [0.717, 1.165) is 16.5 Å². The van der Waals surface area contributed by atoms with Gasteiger partial charge >= 0.3 is 0 Å². The number of aryl methyl sites for hydroxylation is 2. The molecule has 0 fully saturated rings. The van der Waals surface area contributed by atoms with Crippen molar-refractivity contribution in [2.75, 3.05) is 18.9 Å². The van der Waals surface area contributed by atoms with Gasteiger partial charge in [0.1, 0.15) is 28.7 Å². The Hall–Kier alpha value is -4.23. The largest absolute Gasteiger partial charge is 0.494 e. The normalized spacial score (nSPS) is 13.2. The quantitative estimate of drug-likeness (QED) is 0.260. The highest BCUT2D eigenvalue weighted by Gasteiger charge is 2.33. The summed E-state index contributed by atoms with van der Waals surface area (Å²) in [7, 11) is 0.814. The molecule has 0 aliphatic carbocycles. The van der Waals surface area contributed by atoms with Gasteiger partial charge in [-0.05, 0) is 38.1 Å². The van der Waals surface area contributed by atoms with E-state index in [2.05, 4.69) is 24.9 Å². The zero-order valence-corrected chi connectivity index (χ0v) is 24.9. The van der Waals surface area contributed by atoms with Crippen LogP contribution < -0.4 is 14.2 Å². The van der Waals surface area contributed by atoms with Crippen molar-refractivity contribution in [2.45, 2.75) is 31.9 Å². The third kappa shape index (κ3) is 5.18. The molecule has 214 valence electrons. The first kappa shape index (κ1) is 28.3. The smallest absolute Gasteiger partial charge is 0.243 e. The van der Waals surface area contributed by atoms with Gasteiger partial charge in [0, 0.05) is 30.7 Å². The van der Waals surface area contributed by atoms with E-state index in [0.29, 0.717) is 39.6 Å². The van der Waals surface area contributed by atoms with Crippen LogP contribution in [0.3, 0.4) is 0 Å². The van der Waals surface area contributed by atoms with Gasteiger partial charge in [-0.25, -0.2) is 18.4 Å². The fourth-order valence-corrected chi connectivity index (χ4v) is 5.90. The Kier molecular flexibility index (Phi) is 7.58. The standard InChI is InChI=1S/C27H29ClN8O4S/c1-15-10-11-20-19(12-15)23(33-35(20)4)26-31-32-27(36(26)24-21(39-5)8-7-9-22(24)40-6)34-41(37,38)17(3)16(2)25-29-13-18(28)14-30-25/h7-14,16-17H,1-6H3,(H,32,34)/t16-,17-/m0/s1. The average Bonchev–Trinajstić information content (AvgIpc) is 3.51. The molecule has 5 rings (SSSR count). The van der Waals surface area contributed by atoms with Gasteiger partial charge in [-0.3, -0.25) is 14.0 Å². The Morgan fingerprint density at radius 3 is 2.29 bits per heavy atom. The molecule has 1 N–H and O–H groups in total. The van der Waals surface area contributed by atoms with Crippen LogP contribution in [0.1, 0.15) is 31.2 Å². The molecule has 0 bridgehead atoms. The molecule has 0 radical (unpaired) electrons. The fourth-order valence-electron chi connectivity index (χ4n) is 4.57. The number of hydrogen-bond acceptors (Lipinski definition) is 9. The van der Waals surface area contributed by atoms with Crippen LogP contribution in [0, 0.1) is 6.92 Å². The van der Waals surface area contributed by atoms with Crippen molar-refractivity contribution in [3.63, 3.8) is 0 Å². The SMILES string of the molecule is COc1cccc(OC)c1-n1c(NS(=O)(=O)[C@@H](C)[C@H](C)c2ncc(Cl)cn2)nnc1-c1nn(C)c2ccc(C)cc12. The Balaban J connectivity index is 1.68. The van der Waals surface area contributed by atoms with E-state index in [1.807, 2.05) is 32.2 Å². The van der Waals surface area contributed by atoms with Crippen LogP contribution in [-0.4, -0.2) is 62.4 Å². The molecule has 2 atom stereocenters. The monoisotopic (exact) mass is 596 g/mol. The number of halogens is 1. The molecule has 0 spiro atoms. The summed E-state index contributed by atoms with van der Waals surface area (Å²) in [6.07, 6.45) is 2.87. The third-order valence-electron chi connectivity index (χ3n) is 6.98. The second-order valence-corrected chi connectivity index (χ2v) is 12.1. The lowest BCUT2D eigenvalue weighted by Crippen LogP contribution is -2.31. The number of aromatic nitrogens is 7. The highest BCUT2D eigenvalue weighted by molar-refractivity contribution is 7.93. The second kappa shape index (κ2) is 11.0. The van der Waals surface area contributed by atoms with Crippen LogP contribution in [0.5, 0.6) is 11.5 Å². The fraction of sp³-hybridized carbons (Fsp3) is 0.296. The summed E-state index contributed by atoms with van der Waals surface area (Å²) in [6.45, 7) is 5.29. The summed E-state index contributed by atoms with van der Waals surface area (Å²) < 4.78 is 44.7. The molecule has 2 aromatic carbocycles. The number of nitrogens with one attached hydrogen (secondary N) is 1. The van der Waals surface area contributed by atoms with E-state index in [-0.39, 0.29) is 5.95 Å². The second-order valence-electron chi connectivity index (χ2n) is 9.59. The maximum Gasteiger partial charge on any atom is 0.243 e. The maximum absolute atomic E-state index is 13.7. The van der Waals surface area contributed by atoms with Crippen LogP contribution in [0.25, 0.3) is 28.1 Å². The van der Waals surface area contributed by atoms with E-state index >= 15 is 0 Å². The molecule has 0 amide bonds. The van der Waals surface area contributed by atoms with Crippen molar-refractivity contribution in [1.82, 2.24) is 34.5 Å². The first-order valence-corrected chi connectivity index (χ1v) is 14.6. The third-order valence-corrected chi connectivity index (χ3v) is 9.03. The maximum atomic E-state index is 13.7. The minimum Gasteiger partial charge on any atom is -0.494 e. The van der Waals surface area contributed by atoms with Crippen molar-refractivity contribution < 1.29 is 17.9 Å². The average molecular weight is 597 g/mol. The molecule has 0 aliphatic heterocycles. The van der Waals surface area contributed by atoms with Crippen LogP contribution in [0.4, 0.5) is 5.95 Å². The van der Waals surface area contributed by atoms with Crippen molar-refractivity contribution in [1.29, 1.82) is 0 Å². The van der Waals surface area contributed by atoms with Gasteiger partial charge in [-0.15, -0.1) is 10.2 Å². The predicted octanol–water partition coefficient (Wildman–Crippen LogP) is 4.52. The number of sulfonamides is 1. The highest BCUT2D eigenvalue weighted by Crippen LogP contribution is 2.39. The molecule has 0 saturated carbocycles. The van der Waals surface area contributed by atoms with E-state index in [9.17, 15) is 8.42 Å². The minimum atomic E-state index is -4.05. The molecule has 0 unspecified atom stereocenters. The van der Waals surface area contributed by atoms with Gasteiger partial charge in [0.15, 0.2) is 5.82 Å². The molecular weight excluding hydrogens is 568 g/mol. The molecule has 0 saturated heterocycles. The number of fused-ring (bicyclic) bond motifs is 1. The van der Waals surface area contributed by atoms with Crippen LogP contribution in [0.15, 0.2) is 48.8 Å². The number of hydrogen-bond donors (Lipinski definition) is 1. The Morgan fingerprint density at radius 1 is 1.00 bits per heavy atom. The topological polar surface area (TPSA) is 139 Å². The first-order chi connectivity index (χ1) is 19.6. The summed E-state index contributed by atoms with van der Waals surface area (Å²) in [4.78, 5) is 8.40. The van der Waals surface area contributed by atoms with Crippen LogP contribution >= 0.6 is 11.6 Å². The molecule has 12 nitrogen and oxygen atoms in total. The Labute approximate surface area is 242 Å². The number of anilines is 1.